The van der Waals surface area contributed by atoms with Gasteiger partial charge in [0.1, 0.15) is 67.1 Å². The summed E-state index contributed by atoms with van der Waals surface area (Å²) in [4.78, 5) is 0. The third kappa shape index (κ3) is 7.87. The number of fused-ring (bicyclic) bond motifs is 6. The van der Waals surface area contributed by atoms with Crippen LogP contribution in [0.2, 0.25) is 0 Å². The van der Waals surface area contributed by atoms with Gasteiger partial charge in [0.2, 0.25) is 0 Å². The van der Waals surface area contributed by atoms with Crippen LogP contribution < -0.4 is 0 Å². The van der Waals surface area contributed by atoms with E-state index >= 15 is 0 Å². The lowest BCUT2D eigenvalue weighted by atomic mass is 9.35. The monoisotopic (exact) mass is 927 g/mol. The second-order valence-corrected chi connectivity index (χ2v) is 23.3. The van der Waals surface area contributed by atoms with Gasteiger partial charge in [-0.25, -0.2) is 0 Å². The summed E-state index contributed by atoms with van der Waals surface area (Å²) in [6.07, 6.45) is -13.2. The highest BCUT2D eigenvalue weighted by Gasteiger charge is 2.68. The summed E-state index contributed by atoms with van der Waals surface area (Å²) >= 11 is 0. The molecule has 3 heterocycles. The number of hydrogen-bond donors (Lipinski definition) is 11. The highest BCUT2D eigenvalue weighted by atomic mass is 16.8. The van der Waals surface area contributed by atoms with E-state index in [1.54, 1.807) is 0 Å². The highest BCUT2D eigenvalue weighted by molar-refractivity contribution is 5.47. The summed E-state index contributed by atoms with van der Waals surface area (Å²) in [6.45, 7) is 16.2. The first-order valence-electron chi connectivity index (χ1n) is 24.0. The molecule has 0 aromatic carbocycles. The van der Waals surface area contributed by atoms with Gasteiger partial charge in [-0.05, 0) is 97.4 Å². The molecule has 17 heteroatoms. The summed E-state index contributed by atoms with van der Waals surface area (Å²) < 4.78 is 36.2. The normalized spacial score (nSPS) is 54.0. The van der Waals surface area contributed by atoms with Crippen molar-refractivity contribution in [3.63, 3.8) is 0 Å². The summed E-state index contributed by atoms with van der Waals surface area (Å²) in [5.41, 5.74) is 0.777. The average molecular weight is 927 g/mol. The quantitative estimate of drug-likeness (QED) is 0.141. The Balaban J connectivity index is 1.04. The van der Waals surface area contributed by atoms with E-state index in [1.807, 2.05) is 0 Å². The predicted octanol–water partition coefficient (Wildman–Crippen LogP) is 0.532. The van der Waals surface area contributed by atoms with Crippen molar-refractivity contribution >= 4 is 0 Å². The molecular weight excluding hydrogens is 849 g/mol. The van der Waals surface area contributed by atoms with Crippen LogP contribution in [0, 0.1) is 44.3 Å². The molecule has 0 aromatic rings. The third-order valence-corrected chi connectivity index (χ3v) is 18.8. The molecule has 6 fully saturated rings. The first kappa shape index (κ1) is 50.2. The number of aliphatic hydroxyl groups excluding tert-OH is 11. The molecule has 0 radical (unpaired) electrons. The lowest BCUT2D eigenvalue weighted by molar-refractivity contribution is -0.373. The maximum Gasteiger partial charge on any atom is 0.187 e. The number of aliphatic hydroxyl groups is 11. The summed E-state index contributed by atoms with van der Waals surface area (Å²) in [5, 5.41) is 119. The molecule has 3 aliphatic heterocycles. The van der Waals surface area contributed by atoms with Gasteiger partial charge in [-0.3, -0.25) is 0 Å². The van der Waals surface area contributed by atoms with Crippen molar-refractivity contribution in [1.29, 1.82) is 0 Å². The van der Waals surface area contributed by atoms with Gasteiger partial charge in [-0.15, -0.1) is 0 Å². The second kappa shape index (κ2) is 17.6. The molecule has 8 rings (SSSR count). The van der Waals surface area contributed by atoms with Crippen LogP contribution in [-0.2, 0) is 28.4 Å². The van der Waals surface area contributed by atoms with Crippen molar-refractivity contribution in [2.45, 2.75) is 211 Å². The van der Waals surface area contributed by atoms with Crippen LogP contribution in [0.25, 0.3) is 0 Å². The van der Waals surface area contributed by atoms with Crippen molar-refractivity contribution in [2.24, 2.45) is 44.3 Å². The Morgan fingerprint density at radius 1 is 0.662 bits per heavy atom. The van der Waals surface area contributed by atoms with Crippen molar-refractivity contribution in [3.8, 4) is 0 Å². The number of ether oxygens (including phenoxy) is 6. The molecule has 0 aromatic heterocycles. The Kier molecular flexibility index (Phi) is 13.6. The first-order chi connectivity index (χ1) is 30.3. The minimum Gasteiger partial charge on any atom is -0.395 e. The first-order valence-corrected chi connectivity index (χ1v) is 24.0. The van der Waals surface area contributed by atoms with Crippen LogP contribution in [0.4, 0.5) is 0 Å². The zero-order chi connectivity index (χ0) is 47.6. The minimum absolute atomic E-state index is 0.0621. The van der Waals surface area contributed by atoms with Gasteiger partial charge in [0, 0.05) is 10.8 Å². The molecule has 0 spiro atoms. The number of hydrogen-bond acceptors (Lipinski definition) is 17. The van der Waals surface area contributed by atoms with Crippen LogP contribution in [0.15, 0.2) is 23.3 Å². The fraction of sp³-hybridized carbons (Fsp3) is 0.917. The summed E-state index contributed by atoms with van der Waals surface area (Å²) in [5.74, 6) is 0.308. The number of rotatable bonds is 9. The smallest absolute Gasteiger partial charge is 0.187 e. The van der Waals surface area contributed by atoms with E-state index in [2.05, 4.69) is 60.6 Å². The maximum atomic E-state index is 12.1. The molecular formula is C48H78O17. The topological polar surface area (TPSA) is 278 Å². The Bertz CT molecular complexity index is 1790. The van der Waals surface area contributed by atoms with E-state index in [9.17, 15) is 56.2 Å². The van der Waals surface area contributed by atoms with Gasteiger partial charge in [0.25, 0.3) is 0 Å². The van der Waals surface area contributed by atoms with Gasteiger partial charge in [0.05, 0.1) is 38.1 Å². The van der Waals surface area contributed by atoms with E-state index in [0.29, 0.717) is 12.8 Å². The van der Waals surface area contributed by atoms with E-state index in [4.69, 9.17) is 28.4 Å². The van der Waals surface area contributed by atoms with Crippen LogP contribution in [0.1, 0.15) is 107 Å². The molecule has 8 aliphatic rings. The molecule has 3 saturated heterocycles. The standard InChI is InChI=1S/C48H78O17/c1-22-31(52)33(54)37(58)41(61-22)65-39-26(20-60-40-36(57)34(55)32(53)25(19-49)62-40)63-42(38(59)35(39)56)64-30-12-13-45(6)27(44(30,4)5)11-14-46(7)28(45)10-9-23-24-17-43(2,3)15-16-48(24,21-50)29(51)18-47(23,46)8/h9-10,22,25-42,49-59H,11-21H2,1-8H3/t22?,25?,26?,27?,28?,29?,30?,31?,32?,33?,34?,35?,36?,37?,38?,39?,40?,41?,42?,45-,46-,47+,48+/m0/s1. The molecule has 65 heavy (non-hydrogen) atoms. The minimum atomic E-state index is -1.76. The lowest BCUT2D eigenvalue weighted by Crippen LogP contribution is -2.66. The zero-order valence-electron chi connectivity index (χ0n) is 39.3. The van der Waals surface area contributed by atoms with Crippen molar-refractivity contribution in [3.05, 3.63) is 23.3 Å². The predicted molar refractivity (Wildman–Crippen MR) is 230 cm³/mol. The van der Waals surface area contributed by atoms with Crippen molar-refractivity contribution < 1.29 is 84.6 Å². The van der Waals surface area contributed by atoms with Crippen LogP contribution in [-0.4, -0.2) is 180 Å². The van der Waals surface area contributed by atoms with Crippen molar-refractivity contribution in [1.82, 2.24) is 0 Å². The maximum absolute atomic E-state index is 12.1. The van der Waals surface area contributed by atoms with Crippen LogP contribution in [0.3, 0.4) is 0 Å². The summed E-state index contributed by atoms with van der Waals surface area (Å²) in [6, 6.07) is 0. The average Bonchev–Trinajstić information content (AvgIpc) is 3.24. The van der Waals surface area contributed by atoms with E-state index in [0.717, 1.165) is 38.5 Å². The van der Waals surface area contributed by atoms with E-state index in [1.165, 1.54) is 18.1 Å². The molecule has 17 nitrogen and oxygen atoms in total. The molecule has 0 bridgehead atoms. The van der Waals surface area contributed by atoms with Gasteiger partial charge >= 0.3 is 0 Å². The molecule has 11 N–H and O–H groups in total. The largest absolute Gasteiger partial charge is 0.395 e. The van der Waals surface area contributed by atoms with Gasteiger partial charge in [-0.2, -0.15) is 0 Å². The number of allylic oxidation sites excluding steroid dienone is 3. The van der Waals surface area contributed by atoms with Gasteiger partial charge < -0.3 is 84.6 Å². The van der Waals surface area contributed by atoms with Crippen LogP contribution in [0.5, 0.6) is 0 Å². The highest BCUT2D eigenvalue weighted by Crippen LogP contribution is 2.74. The second-order valence-electron chi connectivity index (χ2n) is 23.3. The molecule has 3 saturated carbocycles. The molecule has 19 unspecified atom stereocenters. The lowest BCUT2D eigenvalue weighted by Gasteiger charge is -2.70. The van der Waals surface area contributed by atoms with Gasteiger partial charge in [-0.1, -0.05) is 66.2 Å². The molecule has 372 valence electrons. The molecule has 5 aliphatic carbocycles. The van der Waals surface area contributed by atoms with E-state index < -0.39 is 128 Å². The Hall–Kier alpha value is -1.20. The third-order valence-electron chi connectivity index (χ3n) is 18.8. The Labute approximate surface area is 382 Å². The molecule has 23 atom stereocenters. The fourth-order valence-corrected chi connectivity index (χ4v) is 14.4. The Morgan fingerprint density at radius 2 is 1.29 bits per heavy atom. The zero-order valence-corrected chi connectivity index (χ0v) is 39.3. The van der Waals surface area contributed by atoms with E-state index in [-0.39, 0.29) is 40.1 Å². The Morgan fingerprint density at radius 3 is 1.97 bits per heavy atom. The summed E-state index contributed by atoms with van der Waals surface area (Å²) in [7, 11) is 0. The van der Waals surface area contributed by atoms with Crippen molar-refractivity contribution in [2.75, 3.05) is 19.8 Å². The van der Waals surface area contributed by atoms with Crippen LogP contribution >= 0.6 is 0 Å². The SMILES string of the molecule is CC1OC(OC2C(COC3OC(CO)C(O)C(O)C3O)OC(OC3CC[C@@]4(C)C(CC[C@@]5(C)C4C=CC4=C6CC(C)(C)CC[C@]6(CO)C(O)C[C@]45C)C3(C)C)C(O)C2O)C(O)C(O)C1O. The van der Waals surface area contributed by atoms with Gasteiger partial charge in [0.15, 0.2) is 18.9 Å². The fourth-order valence-electron chi connectivity index (χ4n) is 14.4. The molecule has 0 amide bonds.